The summed E-state index contributed by atoms with van der Waals surface area (Å²) in [5.74, 6) is -1.21. The van der Waals surface area contributed by atoms with Gasteiger partial charge >= 0.3 is 5.97 Å². The Balaban J connectivity index is 1.60. The van der Waals surface area contributed by atoms with Gasteiger partial charge in [-0.1, -0.05) is 128 Å². The number of amides is 1. The van der Waals surface area contributed by atoms with Crippen LogP contribution in [0.1, 0.15) is 35.6 Å². The van der Waals surface area contributed by atoms with E-state index in [1.165, 1.54) is 0 Å². The van der Waals surface area contributed by atoms with Gasteiger partial charge in [-0.3, -0.25) is 9.59 Å². The number of hydrogen-bond acceptors (Lipinski definition) is 3. The molecule has 0 saturated heterocycles. The predicted molar refractivity (Wildman–Crippen MR) is 137 cm³/mol. The summed E-state index contributed by atoms with van der Waals surface area (Å²) in [5, 5.41) is 3.29. The van der Waals surface area contributed by atoms with Crippen LogP contribution in [0.4, 0.5) is 0 Å². The Bertz CT molecular complexity index is 1130. The lowest BCUT2D eigenvalue weighted by atomic mass is 9.76. The van der Waals surface area contributed by atoms with Crippen LogP contribution in [-0.2, 0) is 26.5 Å². The van der Waals surface area contributed by atoms with Crippen molar-refractivity contribution in [2.24, 2.45) is 5.92 Å². The fourth-order valence-corrected chi connectivity index (χ4v) is 4.27. The number of hydrogen-bond donors (Lipinski definition) is 1. The van der Waals surface area contributed by atoms with Gasteiger partial charge in [-0.05, 0) is 22.3 Å². The Hall–Kier alpha value is -4.18. The van der Waals surface area contributed by atoms with Gasteiger partial charge in [0.2, 0.25) is 5.91 Å². The van der Waals surface area contributed by atoms with E-state index in [9.17, 15) is 9.59 Å². The number of benzene rings is 4. The number of esters is 1. The fourth-order valence-electron chi connectivity index (χ4n) is 4.27. The summed E-state index contributed by atoms with van der Waals surface area (Å²) in [6.07, 6.45) is 0.0157. The van der Waals surface area contributed by atoms with E-state index < -0.39 is 17.4 Å². The number of carbonyl (C=O) groups is 2. The molecule has 4 heteroatoms. The summed E-state index contributed by atoms with van der Waals surface area (Å²) >= 11 is 0. The number of ether oxygens (including phenoxy) is 1. The average Bonchev–Trinajstić information content (AvgIpc) is 2.92. The minimum absolute atomic E-state index is 0.0157. The van der Waals surface area contributed by atoms with Gasteiger partial charge in [-0.25, -0.2) is 0 Å². The molecule has 0 aliphatic heterocycles. The van der Waals surface area contributed by atoms with Gasteiger partial charge in [0.1, 0.15) is 12.1 Å². The lowest BCUT2D eigenvalue weighted by Gasteiger charge is -2.37. The van der Waals surface area contributed by atoms with Crippen LogP contribution < -0.4 is 5.32 Å². The van der Waals surface area contributed by atoms with Gasteiger partial charge in [0.25, 0.3) is 0 Å². The molecule has 1 N–H and O–H groups in total. The SMILES string of the molecule is C[C@@H](CC(=O)NC(c1ccccc1)(c1ccccc1)c1ccccc1)C(=O)OCc1ccccc1. The van der Waals surface area contributed by atoms with Crippen LogP contribution >= 0.6 is 0 Å². The smallest absolute Gasteiger partial charge is 0.309 e. The first kappa shape index (κ1) is 24.0. The van der Waals surface area contributed by atoms with E-state index in [1.54, 1.807) is 6.92 Å². The zero-order valence-electron chi connectivity index (χ0n) is 19.8. The number of carbonyl (C=O) groups excluding carboxylic acids is 2. The normalized spacial score (nSPS) is 11.9. The monoisotopic (exact) mass is 463 g/mol. The second-order valence-corrected chi connectivity index (χ2v) is 8.59. The van der Waals surface area contributed by atoms with Crippen LogP contribution in [0.15, 0.2) is 121 Å². The molecule has 4 rings (SSSR count). The first-order valence-electron chi connectivity index (χ1n) is 11.8. The predicted octanol–water partition coefficient (Wildman–Crippen LogP) is 5.86. The van der Waals surface area contributed by atoms with Crippen LogP contribution in [0.3, 0.4) is 0 Å². The summed E-state index contributed by atoms with van der Waals surface area (Å²) in [4.78, 5) is 26.1. The molecular weight excluding hydrogens is 434 g/mol. The molecule has 0 bridgehead atoms. The van der Waals surface area contributed by atoms with Gasteiger partial charge < -0.3 is 10.1 Å². The Labute approximate surface area is 206 Å². The van der Waals surface area contributed by atoms with E-state index in [0.29, 0.717) is 0 Å². The summed E-state index contributed by atoms with van der Waals surface area (Å²) in [6.45, 7) is 1.91. The third kappa shape index (κ3) is 5.67. The zero-order chi connectivity index (χ0) is 24.5. The Morgan fingerprint density at radius 1 is 0.686 bits per heavy atom. The van der Waals surface area contributed by atoms with Crippen LogP contribution in [0, 0.1) is 5.92 Å². The molecule has 0 saturated carbocycles. The van der Waals surface area contributed by atoms with Gasteiger partial charge in [0.05, 0.1) is 5.92 Å². The molecule has 0 aromatic heterocycles. The maximum atomic E-state index is 13.4. The van der Waals surface area contributed by atoms with E-state index in [0.717, 1.165) is 22.3 Å². The van der Waals surface area contributed by atoms with Gasteiger partial charge in [-0.2, -0.15) is 0 Å². The Morgan fingerprint density at radius 2 is 1.09 bits per heavy atom. The molecule has 4 aromatic carbocycles. The van der Waals surface area contributed by atoms with Crippen molar-refractivity contribution in [2.45, 2.75) is 25.5 Å². The van der Waals surface area contributed by atoms with Crippen LogP contribution in [0.25, 0.3) is 0 Å². The summed E-state index contributed by atoms with van der Waals surface area (Å²) in [5.41, 5.74) is 2.81. The molecule has 0 heterocycles. The molecule has 0 fully saturated rings. The second kappa shape index (κ2) is 11.3. The molecule has 0 aliphatic carbocycles. The van der Waals surface area contributed by atoms with E-state index in [2.05, 4.69) is 5.32 Å². The maximum absolute atomic E-state index is 13.4. The van der Waals surface area contributed by atoms with E-state index in [-0.39, 0.29) is 18.9 Å². The molecule has 35 heavy (non-hydrogen) atoms. The van der Waals surface area contributed by atoms with Crippen LogP contribution in [0.5, 0.6) is 0 Å². The molecule has 4 nitrogen and oxygen atoms in total. The highest BCUT2D eigenvalue weighted by Crippen LogP contribution is 2.37. The zero-order valence-corrected chi connectivity index (χ0v) is 19.8. The number of rotatable bonds is 9. The lowest BCUT2D eigenvalue weighted by Crippen LogP contribution is -2.48. The van der Waals surface area contributed by atoms with Crippen LogP contribution in [0.2, 0.25) is 0 Å². The van der Waals surface area contributed by atoms with Crippen LogP contribution in [-0.4, -0.2) is 11.9 Å². The highest BCUT2D eigenvalue weighted by molar-refractivity contribution is 5.84. The van der Waals surface area contributed by atoms with Gasteiger partial charge in [-0.15, -0.1) is 0 Å². The summed E-state index contributed by atoms with van der Waals surface area (Å²) in [7, 11) is 0. The minimum atomic E-state index is -0.908. The third-order valence-corrected chi connectivity index (χ3v) is 6.07. The highest BCUT2D eigenvalue weighted by Gasteiger charge is 2.38. The number of nitrogens with one attached hydrogen (secondary N) is 1. The first-order valence-corrected chi connectivity index (χ1v) is 11.8. The van der Waals surface area contributed by atoms with Crippen molar-refractivity contribution in [2.75, 3.05) is 0 Å². The molecule has 176 valence electrons. The Kier molecular flexibility index (Phi) is 7.74. The van der Waals surface area contributed by atoms with Crippen molar-refractivity contribution >= 4 is 11.9 Å². The van der Waals surface area contributed by atoms with Gasteiger partial charge in [0.15, 0.2) is 0 Å². The maximum Gasteiger partial charge on any atom is 0.309 e. The molecule has 0 spiro atoms. The van der Waals surface area contributed by atoms with Crippen molar-refractivity contribution in [1.29, 1.82) is 0 Å². The van der Waals surface area contributed by atoms with Crippen molar-refractivity contribution in [1.82, 2.24) is 5.32 Å². The van der Waals surface area contributed by atoms with Crippen molar-refractivity contribution in [3.63, 3.8) is 0 Å². The second-order valence-electron chi connectivity index (χ2n) is 8.59. The molecule has 0 aliphatic rings. The quantitative estimate of drug-likeness (QED) is 0.250. The molecule has 0 radical (unpaired) electrons. The Morgan fingerprint density at radius 3 is 1.51 bits per heavy atom. The van der Waals surface area contributed by atoms with Crippen molar-refractivity contribution in [3.8, 4) is 0 Å². The van der Waals surface area contributed by atoms with Crippen molar-refractivity contribution in [3.05, 3.63) is 144 Å². The summed E-state index contributed by atoms with van der Waals surface area (Å²) in [6, 6.07) is 39.2. The average molecular weight is 464 g/mol. The summed E-state index contributed by atoms with van der Waals surface area (Å²) < 4.78 is 5.46. The van der Waals surface area contributed by atoms with E-state index >= 15 is 0 Å². The third-order valence-electron chi connectivity index (χ3n) is 6.07. The van der Waals surface area contributed by atoms with E-state index in [4.69, 9.17) is 4.74 Å². The van der Waals surface area contributed by atoms with Gasteiger partial charge in [0, 0.05) is 6.42 Å². The molecule has 0 unspecified atom stereocenters. The minimum Gasteiger partial charge on any atom is -0.461 e. The lowest BCUT2D eigenvalue weighted by molar-refractivity contribution is -0.151. The molecule has 4 aromatic rings. The first-order chi connectivity index (χ1) is 17.1. The standard InChI is InChI=1S/C31H29NO3/c1-24(30(34)35-23-25-14-6-2-7-15-25)22-29(33)32-31(26-16-8-3-9-17-26,27-18-10-4-11-19-27)28-20-12-5-13-21-28/h2-21,24H,22-23H2,1H3,(H,32,33)/t24-/m0/s1. The largest absolute Gasteiger partial charge is 0.461 e. The molecule has 1 atom stereocenters. The molecule has 1 amide bonds. The van der Waals surface area contributed by atoms with Crippen molar-refractivity contribution < 1.29 is 14.3 Å². The fraction of sp³-hybridized carbons (Fsp3) is 0.161. The molecular formula is C31H29NO3. The topological polar surface area (TPSA) is 55.4 Å². The highest BCUT2D eigenvalue weighted by atomic mass is 16.5. The van der Waals surface area contributed by atoms with E-state index in [1.807, 2.05) is 121 Å².